The quantitative estimate of drug-likeness (QED) is 0.876. The largest absolute Gasteiger partial charge is 0.392 e. The number of nitrogens with zero attached hydrogens (tertiary/aromatic N) is 2. The van der Waals surface area contributed by atoms with Crippen LogP contribution in [0.15, 0.2) is 0 Å². The fourth-order valence-electron chi connectivity index (χ4n) is 3.45. The Morgan fingerprint density at radius 2 is 1.81 bits per heavy atom. The molecule has 1 saturated carbocycles. The number of aromatic nitrogens is 2. The average Bonchev–Trinajstić information content (AvgIpc) is 2.74. The molecule has 2 rings (SSSR count). The van der Waals surface area contributed by atoms with Crippen molar-refractivity contribution < 1.29 is 5.11 Å². The van der Waals surface area contributed by atoms with Gasteiger partial charge in [-0.05, 0) is 32.1 Å². The molecule has 1 aliphatic rings. The van der Waals surface area contributed by atoms with Gasteiger partial charge in [0, 0.05) is 13.0 Å². The zero-order valence-electron chi connectivity index (χ0n) is 13.4. The van der Waals surface area contributed by atoms with Crippen LogP contribution >= 0.6 is 11.6 Å². The van der Waals surface area contributed by atoms with Crippen molar-refractivity contribution in [3.05, 3.63) is 16.4 Å². The van der Waals surface area contributed by atoms with E-state index in [-0.39, 0.29) is 6.10 Å². The molecule has 1 aromatic rings. The van der Waals surface area contributed by atoms with E-state index < -0.39 is 0 Å². The maximum Gasteiger partial charge on any atom is 0.0850 e. The van der Waals surface area contributed by atoms with Gasteiger partial charge in [0.05, 0.1) is 22.5 Å². The number of aliphatic hydroxyl groups is 1. The Labute approximate surface area is 133 Å². The topological polar surface area (TPSA) is 38.0 Å². The molecular weight excluding hydrogens is 284 g/mol. The van der Waals surface area contributed by atoms with Gasteiger partial charge in [-0.2, -0.15) is 5.10 Å². The van der Waals surface area contributed by atoms with Crippen LogP contribution in [0.2, 0.25) is 5.02 Å². The second kappa shape index (κ2) is 8.19. The summed E-state index contributed by atoms with van der Waals surface area (Å²) in [6, 6.07) is 0. The van der Waals surface area contributed by atoms with Crippen LogP contribution < -0.4 is 0 Å². The standard InChI is InChI=1S/C17H29ClN2O/c1-3-14-17(18)15(20(4-2)19-14)12-16(21)13-10-8-6-5-7-9-11-13/h13,16,21H,3-12H2,1-2H3. The van der Waals surface area contributed by atoms with Crippen LogP contribution in [-0.2, 0) is 19.4 Å². The zero-order chi connectivity index (χ0) is 15.2. The lowest BCUT2D eigenvalue weighted by Crippen LogP contribution is -2.25. The lowest BCUT2D eigenvalue weighted by molar-refractivity contribution is 0.0894. The van der Waals surface area contributed by atoms with Crippen LogP contribution in [0.1, 0.15) is 70.2 Å². The van der Waals surface area contributed by atoms with E-state index in [4.69, 9.17) is 11.6 Å². The van der Waals surface area contributed by atoms with Crippen molar-refractivity contribution in [2.45, 2.75) is 84.3 Å². The van der Waals surface area contributed by atoms with E-state index in [2.05, 4.69) is 18.9 Å². The summed E-state index contributed by atoms with van der Waals surface area (Å²) in [4.78, 5) is 0. The van der Waals surface area contributed by atoms with E-state index in [0.717, 1.165) is 42.2 Å². The Kier molecular flexibility index (Phi) is 6.56. The third kappa shape index (κ3) is 4.23. The lowest BCUT2D eigenvalue weighted by atomic mass is 9.85. The molecule has 0 bridgehead atoms. The Morgan fingerprint density at radius 1 is 1.19 bits per heavy atom. The minimum Gasteiger partial charge on any atom is -0.392 e. The maximum absolute atomic E-state index is 10.7. The zero-order valence-corrected chi connectivity index (χ0v) is 14.2. The summed E-state index contributed by atoms with van der Waals surface area (Å²) >= 11 is 6.46. The summed E-state index contributed by atoms with van der Waals surface area (Å²) < 4.78 is 1.97. The molecule has 3 nitrogen and oxygen atoms in total. The Bertz CT molecular complexity index is 436. The second-order valence-electron chi connectivity index (χ2n) is 6.25. The van der Waals surface area contributed by atoms with E-state index in [1.807, 2.05) is 4.68 Å². The van der Waals surface area contributed by atoms with Gasteiger partial charge in [-0.15, -0.1) is 0 Å². The average molecular weight is 313 g/mol. The van der Waals surface area contributed by atoms with E-state index in [1.54, 1.807) is 0 Å². The molecule has 0 aliphatic heterocycles. The number of aliphatic hydroxyl groups excluding tert-OH is 1. The van der Waals surface area contributed by atoms with Crippen molar-refractivity contribution >= 4 is 11.6 Å². The number of aryl methyl sites for hydroxylation is 2. The normalized spacial score (nSPS) is 19.2. The molecule has 1 fully saturated rings. The van der Waals surface area contributed by atoms with Crippen LogP contribution in [0.25, 0.3) is 0 Å². The van der Waals surface area contributed by atoms with Gasteiger partial charge < -0.3 is 5.11 Å². The predicted octanol–water partition coefficient (Wildman–Crippen LogP) is 4.38. The molecule has 1 unspecified atom stereocenters. The summed E-state index contributed by atoms with van der Waals surface area (Å²) in [6.45, 7) is 4.96. The van der Waals surface area contributed by atoms with Gasteiger partial charge in [0.1, 0.15) is 0 Å². The van der Waals surface area contributed by atoms with Crippen molar-refractivity contribution in [1.82, 2.24) is 9.78 Å². The molecule has 0 saturated heterocycles. The van der Waals surface area contributed by atoms with Crippen LogP contribution in [0, 0.1) is 5.92 Å². The first-order chi connectivity index (χ1) is 10.2. The van der Waals surface area contributed by atoms with Gasteiger partial charge in [-0.25, -0.2) is 0 Å². The van der Waals surface area contributed by atoms with Crippen molar-refractivity contribution in [2.75, 3.05) is 0 Å². The third-order valence-electron chi connectivity index (χ3n) is 4.79. The number of hydrogen-bond donors (Lipinski definition) is 1. The summed E-state index contributed by atoms with van der Waals surface area (Å²) in [5.74, 6) is 0.423. The first-order valence-corrected chi connectivity index (χ1v) is 8.97. The van der Waals surface area contributed by atoms with Gasteiger partial charge >= 0.3 is 0 Å². The molecule has 0 amide bonds. The minimum atomic E-state index is -0.285. The van der Waals surface area contributed by atoms with E-state index in [1.165, 1.54) is 32.1 Å². The van der Waals surface area contributed by atoms with Gasteiger partial charge in [0.15, 0.2) is 0 Å². The van der Waals surface area contributed by atoms with Crippen LogP contribution in [0.3, 0.4) is 0 Å². The van der Waals surface area contributed by atoms with Crippen molar-refractivity contribution in [1.29, 1.82) is 0 Å². The molecule has 1 N–H and O–H groups in total. The minimum absolute atomic E-state index is 0.285. The molecule has 0 spiro atoms. The molecule has 0 radical (unpaired) electrons. The molecule has 1 aromatic heterocycles. The van der Waals surface area contributed by atoms with E-state index >= 15 is 0 Å². The second-order valence-corrected chi connectivity index (χ2v) is 6.63. The first kappa shape index (κ1) is 16.8. The molecule has 1 atom stereocenters. The number of hydrogen-bond acceptors (Lipinski definition) is 2. The maximum atomic E-state index is 10.7. The highest BCUT2D eigenvalue weighted by Gasteiger charge is 2.24. The Morgan fingerprint density at radius 3 is 2.38 bits per heavy atom. The van der Waals surface area contributed by atoms with Crippen molar-refractivity contribution in [3.8, 4) is 0 Å². The SMILES string of the molecule is CCc1nn(CC)c(CC(O)C2CCCCCCC2)c1Cl. The lowest BCUT2D eigenvalue weighted by Gasteiger charge is -2.25. The molecule has 0 aromatic carbocycles. The van der Waals surface area contributed by atoms with Gasteiger partial charge in [0.2, 0.25) is 0 Å². The fourth-order valence-corrected chi connectivity index (χ4v) is 3.80. The molecular formula is C17H29ClN2O. The Hall–Kier alpha value is -0.540. The van der Waals surface area contributed by atoms with Crippen molar-refractivity contribution in [3.63, 3.8) is 0 Å². The summed E-state index contributed by atoms with van der Waals surface area (Å²) in [5.41, 5.74) is 1.98. The van der Waals surface area contributed by atoms with E-state index in [9.17, 15) is 5.11 Å². The Balaban J connectivity index is 2.07. The molecule has 1 aliphatic carbocycles. The first-order valence-electron chi connectivity index (χ1n) is 8.59. The fraction of sp³-hybridized carbons (Fsp3) is 0.824. The molecule has 4 heteroatoms. The van der Waals surface area contributed by atoms with Gasteiger partial charge in [-0.1, -0.05) is 50.6 Å². The highest BCUT2D eigenvalue weighted by molar-refractivity contribution is 6.31. The molecule has 21 heavy (non-hydrogen) atoms. The summed E-state index contributed by atoms with van der Waals surface area (Å²) in [5, 5.41) is 16.0. The molecule has 120 valence electrons. The monoisotopic (exact) mass is 312 g/mol. The highest BCUT2D eigenvalue weighted by atomic mass is 35.5. The third-order valence-corrected chi connectivity index (χ3v) is 5.23. The van der Waals surface area contributed by atoms with Gasteiger partial charge in [-0.3, -0.25) is 4.68 Å². The van der Waals surface area contributed by atoms with Crippen LogP contribution in [0.4, 0.5) is 0 Å². The number of halogens is 1. The van der Waals surface area contributed by atoms with Crippen molar-refractivity contribution in [2.24, 2.45) is 5.92 Å². The highest BCUT2D eigenvalue weighted by Crippen LogP contribution is 2.29. The summed E-state index contributed by atoms with van der Waals surface area (Å²) in [6.07, 6.45) is 10.0. The van der Waals surface area contributed by atoms with Gasteiger partial charge in [0.25, 0.3) is 0 Å². The van der Waals surface area contributed by atoms with Crippen LogP contribution in [-0.4, -0.2) is 21.0 Å². The smallest absolute Gasteiger partial charge is 0.0850 e. The van der Waals surface area contributed by atoms with Crippen LogP contribution in [0.5, 0.6) is 0 Å². The van der Waals surface area contributed by atoms with E-state index in [0.29, 0.717) is 12.3 Å². The predicted molar refractivity (Wildman–Crippen MR) is 87.8 cm³/mol. The molecule has 1 heterocycles. The summed E-state index contributed by atoms with van der Waals surface area (Å²) in [7, 11) is 0. The number of rotatable bonds is 5.